The molecule has 0 radical (unpaired) electrons. The Bertz CT molecular complexity index is 1260. The fourth-order valence-electron chi connectivity index (χ4n) is 3.56. The van der Waals surface area contributed by atoms with Gasteiger partial charge >= 0.3 is 4.87 Å². The van der Waals surface area contributed by atoms with Gasteiger partial charge in [-0.05, 0) is 49.4 Å². The minimum Gasteiger partial charge on any atom is -0.336 e. The fourth-order valence-corrected chi connectivity index (χ4v) is 6.08. The summed E-state index contributed by atoms with van der Waals surface area (Å²) in [5.74, 6) is -0.669. The van der Waals surface area contributed by atoms with Crippen molar-refractivity contribution in [2.45, 2.75) is 18.4 Å². The Balaban J connectivity index is 1.51. The first-order valence-corrected chi connectivity index (χ1v) is 11.8. The zero-order valence-electron chi connectivity index (χ0n) is 16.2. The molecule has 0 bridgehead atoms. The molecule has 0 aliphatic carbocycles. The monoisotopic (exact) mass is 449 g/mol. The molecule has 0 saturated carbocycles. The van der Waals surface area contributed by atoms with Crippen LogP contribution in [0.2, 0.25) is 0 Å². The Morgan fingerprint density at radius 3 is 2.37 bits per heavy atom. The van der Waals surface area contributed by atoms with E-state index in [-0.39, 0.29) is 41.9 Å². The lowest BCUT2D eigenvalue weighted by atomic mass is 10.2. The van der Waals surface area contributed by atoms with Crippen molar-refractivity contribution in [3.8, 4) is 0 Å². The molecule has 7 nitrogen and oxygen atoms in total. The molecule has 0 N–H and O–H groups in total. The molecule has 158 valence electrons. The first-order valence-electron chi connectivity index (χ1n) is 9.49. The van der Waals surface area contributed by atoms with Crippen LogP contribution >= 0.6 is 11.3 Å². The number of hydrogen-bond acceptors (Lipinski definition) is 5. The second kappa shape index (κ2) is 7.93. The Morgan fingerprint density at radius 2 is 1.73 bits per heavy atom. The maximum atomic E-state index is 13.1. The Labute approximate surface area is 177 Å². The second-order valence-electron chi connectivity index (χ2n) is 6.94. The standard InChI is InChI=1S/C20H20FN3O4S2/c1-2-24-17-8-7-16(13-18(17)29-20(24)26)30(27,28)23-11-9-22(10-12-23)19(25)14-3-5-15(21)6-4-14/h3-8,13H,2,9-12H2,1H3. The van der Waals surface area contributed by atoms with Crippen LogP contribution in [0.15, 0.2) is 52.2 Å². The van der Waals surface area contributed by atoms with Crippen molar-refractivity contribution in [1.82, 2.24) is 13.8 Å². The third-order valence-electron chi connectivity index (χ3n) is 5.21. The Kier molecular flexibility index (Phi) is 5.48. The van der Waals surface area contributed by atoms with Crippen LogP contribution in [0.3, 0.4) is 0 Å². The first kappa shape index (κ1) is 20.7. The van der Waals surface area contributed by atoms with Crippen LogP contribution in [-0.4, -0.2) is 54.3 Å². The van der Waals surface area contributed by atoms with E-state index in [4.69, 9.17) is 0 Å². The topological polar surface area (TPSA) is 79.7 Å². The van der Waals surface area contributed by atoms with Crippen molar-refractivity contribution in [3.63, 3.8) is 0 Å². The van der Waals surface area contributed by atoms with E-state index in [1.165, 1.54) is 34.6 Å². The largest absolute Gasteiger partial charge is 0.336 e. The van der Waals surface area contributed by atoms with Gasteiger partial charge in [-0.15, -0.1) is 0 Å². The van der Waals surface area contributed by atoms with E-state index in [1.54, 1.807) is 21.6 Å². The first-order chi connectivity index (χ1) is 14.3. The van der Waals surface area contributed by atoms with Crippen LogP contribution in [0.1, 0.15) is 17.3 Å². The van der Waals surface area contributed by atoms with Gasteiger partial charge in [-0.2, -0.15) is 4.31 Å². The second-order valence-corrected chi connectivity index (χ2v) is 9.88. The Hall–Kier alpha value is -2.56. The van der Waals surface area contributed by atoms with Crippen LogP contribution in [-0.2, 0) is 16.6 Å². The van der Waals surface area contributed by atoms with Gasteiger partial charge in [0.1, 0.15) is 5.82 Å². The molecule has 0 spiro atoms. The van der Waals surface area contributed by atoms with E-state index >= 15 is 0 Å². The summed E-state index contributed by atoms with van der Waals surface area (Å²) in [6.07, 6.45) is 0. The third kappa shape index (κ3) is 3.66. The highest BCUT2D eigenvalue weighted by Crippen LogP contribution is 2.25. The molecule has 30 heavy (non-hydrogen) atoms. The van der Waals surface area contributed by atoms with Crippen molar-refractivity contribution >= 4 is 37.5 Å². The number of rotatable bonds is 4. The highest BCUT2D eigenvalue weighted by atomic mass is 32.2. The predicted molar refractivity (Wildman–Crippen MR) is 113 cm³/mol. The summed E-state index contributed by atoms with van der Waals surface area (Å²) in [6, 6.07) is 10.0. The van der Waals surface area contributed by atoms with Gasteiger partial charge in [0.25, 0.3) is 5.91 Å². The fraction of sp³-hybridized carbons (Fsp3) is 0.300. The number of halogens is 1. The molecule has 4 rings (SSSR count). The molecule has 1 aliphatic heterocycles. The van der Waals surface area contributed by atoms with Crippen LogP contribution in [0.4, 0.5) is 4.39 Å². The number of nitrogens with zero attached hydrogens (tertiary/aromatic N) is 3. The van der Waals surface area contributed by atoms with Crippen LogP contribution in [0.5, 0.6) is 0 Å². The van der Waals surface area contributed by atoms with Crippen LogP contribution in [0, 0.1) is 5.82 Å². The summed E-state index contributed by atoms with van der Waals surface area (Å²) in [6.45, 7) is 3.22. The summed E-state index contributed by atoms with van der Waals surface area (Å²) in [4.78, 5) is 26.2. The number of thiazole rings is 1. The number of piperazine rings is 1. The average molecular weight is 450 g/mol. The SMILES string of the molecule is CCn1c(=O)sc2cc(S(=O)(=O)N3CCN(C(=O)c4ccc(F)cc4)CC3)ccc21. The van der Waals surface area contributed by atoms with E-state index in [1.807, 2.05) is 6.92 Å². The average Bonchev–Trinajstić information content (AvgIpc) is 3.08. The number of carbonyl (C=O) groups excluding carboxylic acids is 1. The third-order valence-corrected chi connectivity index (χ3v) is 8.05. The number of aromatic nitrogens is 1. The van der Waals surface area contributed by atoms with E-state index < -0.39 is 15.8 Å². The van der Waals surface area contributed by atoms with Crippen LogP contribution in [0.25, 0.3) is 10.2 Å². The van der Waals surface area contributed by atoms with Gasteiger partial charge in [0.15, 0.2) is 0 Å². The van der Waals surface area contributed by atoms with Gasteiger partial charge in [0, 0.05) is 38.3 Å². The van der Waals surface area contributed by atoms with Crippen molar-refractivity contribution < 1.29 is 17.6 Å². The number of benzene rings is 2. The maximum Gasteiger partial charge on any atom is 0.308 e. The van der Waals surface area contributed by atoms with E-state index in [9.17, 15) is 22.4 Å². The van der Waals surface area contributed by atoms with Gasteiger partial charge in [-0.1, -0.05) is 11.3 Å². The number of aryl methyl sites for hydroxylation is 1. The number of fused-ring (bicyclic) bond motifs is 1. The Morgan fingerprint density at radius 1 is 1.07 bits per heavy atom. The summed E-state index contributed by atoms with van der Waals surface area (Å²) in [7, 11) is -3.74. The lowest BCUT2D eigenvalue weighted by molar-refractivity contribution is 0.0698. The molecular formula is C20H20FN3O4S2. The van der Waals surface area contributed by atoms with E-state index in [0.29, 0.717) is 16.8 Å². The quantitative estimate of drug-likeness (QED) is 0.613. The molecule has 2 heterocycles. The highest BCUT2D eigenvalue weighted by molar-refractivity contribution is 7.89. The van der Waals surface area contributed by atoms with E-state index in [0.717, 1.165) is 16.9 Å². The molecule has 1 aliphatic rings. The van der Waals surface area contributed by atoms with Crippen molar-refractivity contribution in [2.24, 2.45) is 0 Å². The molecule has 1 aromatic heterocycles. The maximum absolute atomic E-state index is 13.1. The molecule has 2 aromatic carbocycles. The normalized spacial score (nSPS) is 15.6. The summed E-state index contributed by atoms with van der Waals surface area (Å²) in [5.41, 5.74) is 1.09. The molecule has 0 atom stereocenters. The summed E-state index contributed by atoms with van der Waals surface area (Å²) >= 11 is 1.03. The van der Waals surface area contributed by atoms with Gasteiger partial charge in [0.2, 0.25) is 10.0 Å². The minimum absolute atomic E-state index is 0.116. The summed E-state index contributed by atoms with van der Waals surface area (Å²) in [5, 5.41) is 0. The highest BCUT2D eigenvalue weighted by Gasteiger charge is 2.30. The number of sulfonamides is 1. The van der Waals surface area contributed by atoms with Gasteiger partial charge < -0.3 is 4.90 Å². The molecule has 10 heteroatoms. The molecule has 3 aromatic rings. The zero-order chi connectivity index (χ0) is 21.5. The van der Waals surface area contributed by atoms with Crippen molar-refractivity contribution in [3.05, 3.63) is 63.5 Å². The molecule has 1 amide bonds. The van der Waals surface area contributed by atoms with Gasteiger partial charge in [0.05, 0.1) is 15.1 Å². The smallest absolute Gasteiger partial charge is 0.308 e. The molecule has 0 unspecified atom stereocenters. The zero-order valence-corrected chi connectivity index (χ0v) is 17.9. The van der Waals surface area contributed by atoms with Crippen molar-refractivity contribution in [2.75, 3.05) is 26.2 Å². The number of amides is 1. The molecular weight excluding hydrogens is 429 g/mol. The number of hydrogen-bond donors (Lipinski definition) is 0. The predicted octanol–water partition coefficient (Wildman–Crippen LogP) is 2.37. The molecule has 1 saturated heterocycles. The lowest BCUT2D eigenvalue weighted by Crippen LogP contribution is -2.50. The van der Waals surface area contributed by atoms with Gasteiger partial charge in [-0.25, -0.2) is 12.8 Å². The molecule has 1 fully saturated rings. The lowest BCUT2D eigenvalue weighted by Gasteiger charge is -2.34. The minimum atomic E-state index is -3.74. The number of carbonyl (C=O) groups is 1. The van der Waals surface area contributed by atoms with Crippen molar-refractivity contribution in [1.29, 1.82) is 0 Å². The summed E-state index contributed by atoms with van der Waals surface area (Å²) < 4.78 is 42.8. The van der Waals surface area contributed by atoms with E-state index in [2.05, 4.69) is 0 Å². The van der Waals surface area contributed by atoms with Crippen LogP contribution < -0.4 is 4.87 Å². The van der Waals surface area contributed by atoms with Gasteiger partial charge in [-0.3, -0.25) is 14.2 Å².